The van der Waals surface area contributed by atoms with Gasteiger partial charge in [0.15, 0.2) is 0 Å². The largest absolute Gasteiger partial charge is 0.379 e. The highest BCUT2D eigenvalue weighted by atomic mass is 16.5. The Bertz CT molecular complexity index is 1170. The third-order valence-electron chi connectivity index (χ3n) is 15.9. The Morgan fingerprint density at radius 2 is 1.45 bits per heavy atom. The van der Waals surface area contributed by atoms with Gasteiger partial charge in [-0.3, -0.25) is 0 Å². The topological polar surface area (TPSA) is 30.9 Å². The van der Waals surface area contributed by atoms with Crippen LogP contribution in [0.2, 0.25) is 0 Å². The van der Waals surface area contributed by atoms with Crippen LogP contribution in [0.5, 0.6) is 0 Å². The van der Waals surface area contributed by atoms with Crippen LogP contribution in [0.1, 0.15) is 202 Å². The molecule has 4 heteroatoms. The van der Waals surface area contributed by atoms with E-state index in [0.29, 0.717) is 23.5 Å². The Hall–Kier alpha value is -0.940. The van der Waals surface area contributed by atoms with E-state index < -0.39 is 0 Å². The van der Waals surface area contributed by atoms with Gasteiger partial charge in [-0.05, 0) is 163 Å². The van der Waals surface area contributed by atoms with Gasteiger partial charge in [0.05, 0.1) is 18.8 Å². The van der Waals surface area contributed by atoms with Crippen LogP contribution >= 0.6 is 0 Å². The summed E-state index contributed by atoms with van der Waals surface area (Å²) in [5.41, 5.74) is 2.74. The van der Waals surface area contributed by atoms with Crippen molar-refractivity contribution in [2.45, 2.75) is 214 Å². The van der Waals surface area contributed by atoms with E-state index in [-0.39, 0.29) is 6.10 Å². The molecule has 3 fully saturated rings. The summed E-state index contributed by atoms with van der Waals surface area (Å²) in [4.78, 5) is 2.23. The number of ether oxygens (including phenoxy) is 3. The van der Waals surface area contributed by atoms with Crippen LogP contribution in [0.4, 0.5) is 0 Å². The van der Waals surface area contributed by atoms with Crippen LogP contribution in [-0.2, 0) is 14.2 Å². The summed E-state index contributed by atoms with van der Waals surface area (Å²) in [5, 5.41) is 0. The quantitative estimate of drug-likeness (QED) is 0.0516. The number of rotatable bonds is 31. The number of unbranched alkanes of at least 4 members (excludes halogenated alkanes) is 10. The highest BCUT2D eigenvalue weighted by Crippen LogP contribution is 2.67. The minimum absolute atomic E-state index is 0.143. The minimum atomic E-state index is 0.143. The maximum Gasteiger partial charge on any atom is 0.0934 e. The molecule has 0 saturated heterocycles. The van der Waals surface area contributed by atoms with E-state index in [1.807, 2.05) is 0 Å². The smallest absolute Gasteiger partial charge is 0.0934 e. The van der Waals surface area contributed by atoms with Crippen LogP contribution in [0.3, 0.4) is 0 Å². The second kappa shape index (κ2) is 27.2. The summed E-state index contributed by atoms with van der Waals surface area (Å²) in [5.74, 6) is 5.43. The summed E-state index contributed by atoms with van der Waals surface area (Å²) in [6, 6.07) is 0. The van der Waals surface area contributed by atoms with Crippen molar-refractivity contribution in [1.82, 2.24) is 4.90 Å². The SMILES string of the molecule is CCCCCC=CCC=CCCCCCCCCOCC(CN(C)C)OCCCCO[C@H]1CC[C@@]2(C)C(=CCC3C2CC[C@@]2(C)C3CC[C@@H]2[C@H](C)CCCC(C)C)C1. The molecule has 4 unspecified atom stereocenters. The van der Waals surface area contributed by atoms with Crippen LogP contribution in [-0.4, -0.2) is 64.2 Å². The fourth-order valence-corrected chi connectivity index (χ4v) is 12.5. The van der Waals surface area contributed by atoms with Gasteiger partial charge in [-0.25, -0.2) is 0 Å². The lowest BCUT2D eigenvalue weighted by molar-refractivity contribution is -0.0648. The Labute approximate surface area is 361 Å². The minimum Gasteiger partial charge on any atom is -0.379 e. The van der Waals surface area contributed by atoms with E-state index in [9.17, 15) is 0 Å². The molecule has 0 spiro atoms. The summed E-state index contributed by atoms with van der Waals surface area (Å²) in [6.07, 6.45) is 45.4. The molecule has 0 bridgehead atoms. The second-order valence-electron chi connectivity index (χ2n) is 21.1. The van der Waals surface area contributed by atoms with E-state index in [2.05, 4.69) is 90.9 Å². The van der Waals surface area contributed by atoms with Crippen molar-refractivity contribution in [3.8, 4) is 0 Å². The van der Waals surface area contributed by atoms with Crippen LogP contribution in [0, 0.1) is 46.3 Å². The van der Waals surface area contributed by atoms with Gasteiger partial charge in [-0.1, -0.05) is 135 Å². The number of nitrogens with zero attached hydrogens (tertiary/aromatic N) is 1. The Morgan fingerprint density at radius 3 is 2.19 bits per heavy atom. The van der Waals surface area contributed by atoms with Crippen molar-refractivity contribution in [3.63, 3.8) is 0 Å². The molecule has 4 nitrogen and oxygen atoms in total. The molecule has 4 aliphatic carbocycles. The fourth-order valence-electron chi connectivity index (χ4n) is 12.5. The average molecular weight is 808 g/mol. The molecule has 4 aliphatic rings. The van der Waals surface area contributed by atoms with Crippen molar-refractivity contribution in [3.05, 3.63) is 36.0 Å². The van der Waals surface area contributed by atoms with Crippen molar-refractivity contribution in [2.75, 3.05) is 47.1 Å². The molecule has 336 valence electrons. The lowest BCUT2D eigenvalue weighted by Gasteiger charge is -2.58. The molecule has 0 N–H and O–H groups in total. The molecule has 0 aliphatic heterocycles. The van der Waals surface area contributed by atoms with Gasteiger partial charge in [0.25, 0.3) is 0 Å². The third-order valence-corrected chi connectivity index (χ3v) is 15.9. The Morgan fingerprint density at radius 1 is 0.741 bits per heavy atom. The van der Waals surface area contributed by atoms with Gasteiger partial charge in [0, 0.05) is 26.4 Å². The number of fused-ring (bicyclic) bond motifs is 5. The first-order valence-corrected chi connectivity index (χ1v) is 25.5. The maximum atomic E-state index is 6.59. The number of likely N-dealkylation sites (N-methyl/N-ethyl adjacent to an activating group) is 1. The molecule has 3 saturated carbocycles. The van der Waals surface area contributed by atoms with E-state index >= 15 is 0 Å². The normalized spacial score (nSPS) is 29.6. The molecule has 0 aromatic rings. The predicted octanol–water partition coefficient (Wildman–Crippen LogP) is 15.0. The summed E-state index contributed by atoms with van der Waals surface area (Å²) >= 11 is 0. The molecule has 0 heterocycles. The van der Waals surface area contributed by atoms with Crippen molar-refractivity contribution in [2.24, 2.45) is 46.3 Å². The summed E-state index contributed by atoms with van der Waals surface area (Å²) in [7, 11) is 4.27. The van der Waals surface area contributed by atoms with E-state index in [4.69, 9.17) is 14.2 Å². The van der Waals surface area contributed by atoms with E-state index in [1.54, 1.807) is 5.57 Å². The summed E-state index contributed by atoms with van der Waals surface area (Å²) < 4.78 is 19.1. The van der Waals surface area contributed by atoms with Gasteiger partial charge in [0.1, 0.15) is 0 Å². The molecule has 58 heavy (non-hydrogen) atoms. The highest BCUT2D eigenvalue weighted by molar-refractivity contribution is 5.25. The molecule has 4 rings (SSSR count). The first-order chi connectivity index (χ1) is 28.1. The monoisotopic (exact) mass is 808 g/mol. The molecule has 0 radical (unpaired) electrons. The number of hydrogen-bond acceptors (Lipinski definition) is 4. The van der Waals surface area contributed by atoms with Crippen LogP contribution in [0.15, 0.2) is 36.0 Å². The molecular weight excluding hydrogens is 711 g/mol. The van der Waals surface area contributed by atoms with Crippen molar-refractivity contribution >= 4 is 0 Å². The van der Waals surface area contributed by atoms with Gasteiger partial charge in [-0.15, -0.1) is 0 Å². The summed E-state index contributed by atoms with van der Waals surface area (Å²) in [6.45, 7) is 19.2. The molecular formula is C54H97NO3. The van der Waals surface area contributed by atoms with Gasteiger partial charge >= 0.3 is 0 Å². The second-order valence-corrected chi connectivity index (χ2v) is 21.1. The van der Waals surface area contributed by atoms with Gasteiger partial charge in [0.2, 0.25) is 0 Å². The zero-order chi connectivity index (χ0) is 41.6. The molecule has 0 aromatic carbocycles. The lowest BCUT2D eigenvalue weighted by atomic mass is 9.47. The first-order valence-electron chi connectivity index (χ1n) is 25.5. The average Bonchev–Trinajstić information content (AvgIpc) is 3.55. The zero-order valence-electron chi connectivity index (χ0n) is 39.9. The lowest BCUT2D eigenvalue weighted by Crippen LogP contribution is -2.51. The zero-order valence-corrected chi connectivity index (χ0v) is 39.9. The van der Waals surface area contributed by atoms with Crippen molar-refractivity contribution < 1.29 is 14.2 Å². The Kier molecular flexibility index (Phi) is 23.3. The van der Waals surface area contributed by atoms with Crippen molar-refractivity contribution in [1.29, 1.82) is 0 Å². The predicted molar refractivity (Wildman–Crippen MR) is 250 cm³/mol. The number of allylic oxidation sites excluding steroid dienone is 5. The number of hydrogen-bond donors (Lipinski definition) is 0. The fraction of sp³-hybridized carbons (Fsp3) is 0.889. The highest BCUT2D eigenvalue weighted by Gasteiger charge is 2.59. The first kappa shape index (κ1) is 49.7. The maximum absolute atomic E-state index is 6.59. The Balaban J connectivity index is 1.04. The molecule has 0 aromatic heterocycles. The molecule has 0 amide bonds. The standard InChI is InChI=1S/C54H97NO3/c1-9-10-11-12-13-14-15-16-17-18-19-20-21-22-23-24-38-56-43-48(42-55(7)8)58-40-26-25-39-57-47-34-36-53(5)46(41-47)30-31-49-51-33-32-50(45(4)29-27-28-44(2)3)54(51,6)37-35-52(49)53/h13-14,16-17,30,44-45,47-52H,9-12,15,18-29,31-43H2,1-8H3/t45-,47+,48?,49?,50-,51?,52?,53+,54-/m1/s1. The molecule has 9 atom stereocenters. The van der Waals surface area contributed by atoms with Crippen LogP contribution < -0.4 is 0 Å². The van der Waals surface area contributed by atoms with Gasteiger partial charge in [-0.2, -0.15) is 0 Å². The van der Waals surface area contributed by atoms with Gasteiger partial charge < -0.3 is 19.1 Å². The van der Waals surface area contributed by atoms with E-state index in [0.717, 1.165) is 87.6 Å². The van der Waals surface area contributed by atoms with E-state index in [1.165, 1.54) is 135 Å². The van der Waals surface area contributed by atoms with Crippen LogP contribution in [0.25, 0.3) is 0 Å². The third kappa shape index (κ3) is 16.1.